The van der Waals surface area contributed by atoms with E-state index in [1.807, 2.05) is 13.8 Å². The molecule has 18 heavy (non-hydrogen) atoms. The van der Waals surface area contributed by atoms with Crippen LogP contribution in [0.25, 0.3) is 0 Å². The molecule has 1 fully saturated rings. The molecule has 5 nitrogen and oxygen atoms in total. The lowest BCUT2D eigenvalue weighted by Crippen LogP contribution is -2.12. The third-order valence-corrected chi connectivity index (χ3v) is 5.64. The molecule has 0 aliphatic carbocycles. The maximum Gasteiger partial charge on any atom is 0.151 e. The Kier molecular flexibility index (Phi) is 3.64. The van der Waals surface area contributed by atoms with Crippen molar-refractivity contribution in [3.05, 3.63) is 16.0 Å². The van der Waals surface area contributed by atoms with E-state index in [9.17, 15) is 8.42 Å². The molecule has 1 saturated heterocycles. The second kappa shape index (κ2) is 4.77. The Balaban J connectivity index is 2.41. The van der Waals surface area contributed by atoms with Gasteiger partial charge in [0.05, 0.1) is 21.7 Å². The van der Waals surface area contributed by atoms with Crippen LogP contribution in [0.2, 0.25) is 0 Å². The first-order valence-electron chi connectivity index (χ1n) is 5.83. The van der Waals surface area contributed by atoms with Crippen molar-refractivity contribution < 1.29 is 8.42 Å². The minimum absolute atomic E-state index is 0.122. The standard InChI is InChI=1S/C11H16BrN3O2S/c1-6(2)9-8(12)10(13)15-11(14-9)7-3-4-18(16,17)5-7/h6-7H,3-5H2,1-2H3,(H2,13,14,15). The highest BCUT2D eigenvalue weighted by Gasteiger charge is 2.31. The summed E-state index contributed by atoms with van der Waals surface area (Å²) in [5.74, 6) is 1.37. The van der Waals surface area contributed by atoms with Crippen LogP contribution in [0, 0.1) is 0 Å². The summed E-state index contributed by atoms with van der Waals surface area (Å²) in [5, 5.41) is 0. The zero-order valence-corrected chi connectivity index (χ0v) is 12.8. The fraction of sp³-hybridized carbons (Fsp3) is 0.636. The first kappa shape index (κ1) is 13.7. The third-order valence-electron chi connectivity index (χ3n) is 3.06. The molecule has 0 amide bonds. The summed E-state index contributed by atoms with van der Waals surface area (Å²) in [4.78, 5) is 8.70. The monoisotopic (exact) mass is 333 g/mol. The second-order valence-corrected chi connectivity index (χ2v) is 7.94. The average Bonchev–Trinajstić information content (AvgIpc) is 2.62. The molecule has 100 valence electrons. The number of halogens is 1. The van der Waals surface area contributed by atoms with Gasteiger partial charge in [0.15, 0.2) is 9.84 Å². The molecule has 1 unspecified atom stereocenters. The minimum atomic E-state index is -2.93. The molecule has 2 heterocycles. The normalized spacial score (nSPS) is 22.6. The van der Waals surface area contributed by atoms with E-state index in [-0.39, 0.29) is 23.3 Å². The van der Waals surface area contributed by atoms with E-state index >= 15 is 0 Å². The van der Waals surface area contributed by atoms with Crippen molar-refractivity contribution in [2.24, 2.45) is 0 Å². The molecule has 1 aromatic heterocycles. The molecular formula is C11H16BrN3O2S. The van der Waals surface area contributed by atoms with Crippen LogP contribution in [0.4, 0.5) is 5.82 Å². The quantitative estimate of drug-likeness (QED) is 0.892. The minimum Gasteiger partial charge on any atom is -0.383 e. The van der Waals surface area contributed by atoms with Crippen molar-refractivity contribution in [2.45, 2.75) is 32.1 Å². The summed E-state index contributed by atoms with van der Waals surface area (Å²) >= 11 is 3.38. The number of hydrogen-bond acceptors (Lipinski definition) is 5. The van der Waals surface area contributed by atoms with E-state index in [2.05, 4.69) is 25.9 Å². The van der Waals surface area contributed by atoms with Crippen LogP contribution in [-0.4, -0.2) is 29.9 Å². The van der Waals surface area contributed by atoms with Crippen LogP contribution in [0.3, 0.4) is 0 Å². The summed E-state index contributed by atoms with van der Waals surface area (Å²) in [6, 6.07) is 0. The van der Waals surface area contributed by atoms with E-state index in [1.54, 1.807) is 0 Å². The molecule has 1 aliphatic rings. The van der Waals surface area contributed by atoms with Gasteiger partial charge in [-0.15, -0.1) is 0 Å². The van der Waals surface area contributed by atoms with Gasteiger partial charge in [-0.2, -0.15) is 0 Å². The second-order valence-electron chi connectivity index (χ2n) is 4.92. The van der Waals surface area contributed by atoms with Gasteiger partial charge in [-0.1, -0.05) is 13.8 Å². The van der Waals surface area contributed by atoms with Crippen molar-refractivity contribution in [3.63, 3.8) is 0 Å². The number of nitrogens with zero attached hydrogens (tertiary/aromatic N) is 2. The molecule has 0 aromatic carbocycles. The van der Waals surface area contributed by atoms with E-state index in [4.69, 9.17) is 5.73 Å². The van der Waals surface area contributed by atoms with Gasteiger partial charge in [0.25, 0.3) is 0 Å². The lowest BCUT2D eigenvalue weighted by atomic mass is 10.1. The molecule has 0 saturated carbocycles. The van der Waals surface area contributed by atoms with E-state index in [1.165, 1.54) is 0 Å². The first-order valence-corrected chi connectivity index (χ1v) is 8.45. The number of rotatable bonds is 2. The molecule has 1 aromatic rings. The van der Waals surface area contributed by atoms with Crippen molar-refractivity contribution in [3.8, 4) is 0 Å². The smallest absolute Gasteiger partial charge is 0.151 e. The van der Waals surface area contributed by atoms with Gasteiger partial charge in [-0.25, -0.2) is 18.4 Å². The first-order chi connectivity index (χ1) is 8.30. The summed E-state index contributed by atoms with van der Waals surface area (Å²) in [6.45, 7) is 4.03. The van der Waals surface area contributed by atoms with Gasteiger partial charge < -0.3 is 5.73 Å². The Morgan fingerprint density at radius 2 is 2.06 bits per heavy atom. The fourth-order valence-corrected chi connectivity index (χ4v) is 4.44. The number of aromatic nitrogens is 2. The maximum absolute atomic E-state index is 11.5. The molecule has 0 radical (unpaired) electrons. The Labute approximate surface area is 115 Å². The zero-order chi connectivity index (χ0) is 13.5. The Morgan fingerprint density at radius 3 is 2.56 bits per heavy atom. The number of sulfone groups is 1. The van der Waals surface area contributed by atoms with Crippen LogP contribution < -0.4 is 5.73 Å². The van der Waals surface area contributed by atoms with Gasteiger partial charge in [0, 0.05) is 5.92 Å². The summed E-state index contributed by atoms with van der Waals surface area (Å²) in [6.07, 6.45) is 0.584. The Bertz CT molecular complexity index is 572. The molecule has 1 atom stereocenters. The van der Waals surface area contributed by atoms with Crippen molar-refractivity contribution in [1.29, 1.82) is 0 Å². The van der Waals surface area contributed by atoms with E-state index in [0.717, 1.165) is 5.69 Å². The average molecular weight is 334 g/mol. The van der Waals surface area contributed by atoms with Crippen LogP contribution in [-0.2, 0) is 9.84 Å². The molecule has 0 spiro atoms. The van der Waals surface area contributed by atoms with Crippen LogP contribution in [0.1, 0.15) is 43.6 Å². The van der Waals surface area contributed by atoms with Crippen molar-refractivity contribution >= 4 is 31.6 Å². The Hall–Kier alpha value is -0.690. The van der Waals surface area contributed by atoms with Gasteiger partial charge in [-0.05, 0) is 28.3 Å². The molecule has 0 bridgehead atoms. The van der Waals surface area contributed by atoms with Crippen LogP contribution in [0.15, 0.2) is 4.47 Å². The lowest BCUT2D eigenvalue weighted by molar-refractivity contribution is 0.601. The molecule has 7 heteroatoms. The molecular weight excluding hydrogens is 318 g/mol. The number of anilines is 1. The summed E-state index contributed by atoms with van der Waals surface area (Å²) in [7, 11) is -2.93. The van der Waals surface area contributed by atoms with Gasteiger partial charge in [-0.3, -0.25) is 0 Å². The zero-order valence-electron chi connectivity index (χ0n) is 10.4. The lowest BCUT2D eigenvalue weighted by Gasteiger charge is -2.14. The van der Waals surface area contributed by atoms with Crippen molar-refractivity contribution in [1.82, 2.24) is 9.97 Å². The predicted molar refractivity (Wildman–Crippen MR) is 74.2 cm³/mol. The highest BCUT2D eigenvalue weighted by molar-refractivity contribution is 9.10. The molecule has 1 aliphatic heterocycles. The topological polar surface area (TPSA) is 85.9 Å². The molecule has 2 N–H and O–H groups in total. The van der Waals surface area contributed by atoms with Gasteiger partial charge in [0.1, 0.15) is 11.6 Å². The molecule has 2 rings (SSSR count). The number of nitrogen functional groups attached to an aromatic ring is 1. The summed E-state index contributed by atoms with van der Waals surface area (Å²) in [5.41, 5.74) is 6.68. The van der Waals surface area contributed by atoms with Crippen LogP contribution in [0.5, 0.6) is 0 Å². The predicted octanol–water partition coefficient (Wildman–Crippen LogP) is 1.85. The van der Waals surface area contributed by atoms with Gasteiger partial charge >= 0.3 is 0 Å². The van der Waals surface area contributed by atoms with E-state index < -0.39 is 9.84 Å². The number of nitrogens with two attached hydrogens (primary N) is 1. The van der Waals surface area contributed by atoms with E-state index in [0.29, 0.717) is 22.5 Å². The summed E-state index contributed by atoms with van der Waals surface area (Å²) < 4.78 is 23.7. The highest BCUT2D eigenvalue weighted by atomic mass is 79.9. The highest BCUT2D eigenvalue weighted by Crippen LogP contribution is 2.32. The van der Waals surface area contributed by atoms with Crippen LogP contribution >= 0.6 is 15.9 Å². The van der Waals surface area contributed by atoms with Gasteiger partial charge in [0.2, 0.25) is 0 Å². The maximum atomic E-state index is 11.5. The Morgan fingerprint density at radius 1 is 1.39 bits per heavy atom. The largest absolute Gasteiger partial charge is 0.383 e. The number of hydrogen-bond donors (Lipinski definition) is 1. The fourth-order valence-electron chi connectivity index (χ4n) is 2.06. The third kappa shape index (κ3) is 2.66. The SMILES string of the molecule is CC(C)c1nc(C2CCS(=O)(=O)C2)nc(N)c1Br. The van der Waals surface area contributed by atoms with Crippen molar-refractivity contribution in [2.75, 3.05) is 17.2 Å².